The SMILES string of the molecule is COc1ccc(C[NH+](C)Cn2nnn(-c3ccc(C)cc3C)c2=S)cc1. The summed E-state index contributed by atoms with van der Waals surface area (Å²) in [6.45, 7) is 5.65. The fraction of sp³-hybridized carbons (Fsp3) is 0.316. The van der Waals surface area contributed by atoms with E-state index in [4.69, 9.17) is 17.0 Å². The van der Waals surface area contributed by atoms with Gasteiger partial charge in [-0.1, -0.05) is 17.7 Å². The average molecular weight is 371 g/mol. The molecule has 26 heavy (non-hydrogen) atoms. The monoisotopic (exact) mass is 370 g/mol. The first kappa shape index (κ1) is 18.3. The van der Waals surface area contributed by atoms with Crippen molar-refractivity contribution in [2.75, 3.05) is 14.2 Å². The van der Waals surface area contributed by atoms with E-state index >= 15 is 0 Å². The molecule has 1 unspecified atom stereocenters. The topological polar surface area (TPSA) is 49.3 Å². The van der Waals surface area contributed by atoms with Gasteiger partial charge in [0.1, 0.15) is 12.3 Å². The Morgan fingerprint density at radius 3 is 2.46 bits per heavy atom. The van der Waals surface area contributed by atoms with Crippen LogP contribution in [0.25, 0.3) is 5.69 Å². The van der Waals surface area contributed by atoms with Gasteiger partial charge in [0, 0.05) is 5.56 Å². The van der Waals surface area contributed by atoms with Crippen molar-refractivity contribution >= 4 is 12.2 Å². The standard InChI is InChI=1S/C19H23N5OS/c1-14-5-10-18(15(2)11-14)24-19(26)23(20-21-24)13-22(3)12-16-6-8-17(25-4)9-7-16/h5-11H,12-13H2,1-4H3/p+1. The third-order valence-corrected chi connectivity index (χ3v) is 4.69. The molecule has 7 heteroatoms. The molecular formula is C19H24N5OS+. The van der Waals surface area contributed by atoms with E-state index < -0.39 is 0 Å². The number of tetrazole rings is 1. The maximum atomic E-state index is 5.59. The number of quaternary nitrogens is 1. The smallest absolute Gasteiger partial charge is 0.225 e. The quantitative estimate of drug-likeness (QED) is 0.675. The minimum Gasteiger partial charge on any atom is -0.497 e. The maximum absolute atomic E-state index is 5.59. The van der Waals surface area contributed by atoms with E-state index in [0.717, 1.165) is 23.5 Å². The zero-order valence-electron chi connectivity index (χ0n) is 15.6. The van der Waals surface area contributed by atoms with Crippen LogP contribution < -0.4 is 9.64 Å². The summed E-state index contributed by atoms with van der Waals surface area (Å²) in [7, 11) is 3.79. The molecule has 0 amide bonds. The molecule has 0 fully saturated rings. The molecule has 0 saturated carbocycles. The Labute approximate surface area is 158 Å². The summed E-state index contributed by atoms with van der Waals surface area (Å²) in [6.07, 6.45) is 0. The zero-order chi connectivity index (χ0) is 18.7. The molecule has 0 bridgehead atoms. The molecule has 1 atom stereocenters. The van der Waals surface area contributed by atoms with Crippen LogP contribution in [-0.4, -0.2) is 33.9 Å². The lowest BCUT2D eigenvalue weighted by Gasteiger charge is -2.13. The van der Waals surface area contributed by atoms with Gasteiger partial charge in [-0.15, -0.1) is 0 Å². The highest BCUT2D eigenvalue weighted by molar-refractivity contribution is 7.71. The number of aryl methyl sites for hydroxylation is 2. The molecule has 1 heterocycles. The summed E-state index contributed by atoms with van der Waals surface area (Å²) in [5.41, 5.74) is 4.55. The summed E-state index contributed by atoms with van der Waals surface area (Å²) in [4.78, 5) is 1.26. The number of rotatable bonds is 6. The van der Waals surface area contributed by atoms with E-state index in [0.29, 0.717) is 11.4 Å². The summed E-state index contributed by atoms with van der Waals surface area (Å²) in [6, 6.07) is 14.3. The molecule has 1 N–H and O–H groups in total. The normalized spacial score (nSPS) is 12.2. The van der Waals surface area contributed by atoms with Crippen molar-refractivity contribution in [2.24, 2.45) is 0 Å². The molecule has 1 aromatic heterocycles. The number of nitrogens with zero attached hydrogens (tertiary/aromatic N) is 4. The second-order valence-corrected chi connectivity index (χ2v) is 6.97. The number of ether oxygens (including phenoxy) is 1. The van der Waals surface area contributed by atoms with Gasteiger partial charge in [-0.05, 0) is 72.4 Å². The second-order valence-electron chi connectivity index (χ2n) is 6.60. The largest absolute Gasteiger partial charge is 0.497 e. The summed E-state index contributed by atoms with van der Waals surface area (Å²) >= 11 is 5.59. The van der Waals surface area contributed by atoms with Crippen molar-refractivity contribution < 1.29 is 9.64 Å². The van der Waals surface area contributed by atoms with Crippen molar-refractivity contribution in [3.8, 4) is 11.4 Å². The molecule has 0 aliphatic heterocycles. The van der Waals surface area contributed by atoms with E-state index in [-0.39, 0.29) is 0 Å². The molecule has 136 valence electrons. The fourth-order valence-corrected chi connectivity index (χ4v) is 3.21. The highest BCUT2D eigenvalue weighted by atomic mass is 32.1. The fourth-order valence-electron chi connectivity index (χ4n) is 2.97. The van der Waals surface area contributed by atoms with Gasteiger partial charge in [0.2, 0.25) is 4.77 Å². The molecule has 3 aromatic rings. The van der Waals surface area contributed by atoms with Gasteiger partial charge >= 0.3 is 0 Å². The highest BCUT2D eigenvalue weighted by Gasteiger charge is 2.12. The van der Waals surface area contributed by atoms with Crippen LogP contribution in [0.3, 0.4) is 0 Å². The first-order valence-electron chi connectivity index (χ1n) is 8.52. The van der Waals surface area contributed by atoms with Crippen LogP contribution in [0, 0.1) is 18.6 Å². The van der Waals surface area contributed by atoms with Crippen molar-refractivity contribution in [2.45, 2.75) is 27.1 Å². The highest BCUT2D eigenvalue weighted by Crippen LogP contribution is 2.14. The first-order chi connectivity index (χ1) is 12.5. The van der Waals surface area contributed by atoms with Gasteiger partial charge in [0.25, 0.3) is 0 Å². The van der Waals surface area contributed by atoms with Crippen LogP contribution in [0.1, 0.15) is 16.7 Å². The third-order valence-electron chi connectivity index (χ3n) is 4.30. The minimum absolute atomic E-state index is 0.603. The number of hydrogen-bond donors (Lipinski definition) is 1. The molecule has 0 aliphatic carbocycles. The van der Waals surface area contributed by atoms with Crippen LogP contribution >= 0.6 is 12.2 Å². The number of benzene rings is 2. The van der Waals surface area contributed by atoms with Crippen LogP contribution in [0.15, 0.2) is 42.5 Å². The lowest BCUT2D eigenvalue weighted by molar-refractivity contribution is -0.917. The van der Waals surface area contributed by atoms with Crippen LogP contribution in [0.5, 0.6) is 5.75 Å². The predicted octanol–water partition coefficient (Wildman–Crippen LogP) is 2.10. The molecule has 2 aromatic carbocycles. The number of methoxy groups -OCH3 is 1. The van der Waals surface area contributed by atoms with E-state index in [2.05, 4.69) is 55.6 Å². The molecule has 6 nitrogen and oxygen atoms in total. The van der Waals surface area contributed by atoms with Crippen LogP contribution in [0.4, 0.5) is 0 Å². The first-order valence-corrected chi connectivity index (χ1v) is 8.93. The van der Waals surface area contributed by atoms with E-state index in [1.165, 1.54) is 16.0 Å². The van der Waals surface area contributed by atoms with E-state index in [1.807, 2.05) is 18.2 Å². The Hall–Kier alpha value is -2.51. The lowest BCUT2D eigenvalue weighted by Crippen LogP contribution is -3.07. The number of aromatic nitrogens is 4. The molecular weight excluding hydrogens is 346 g/mol. The van der Waals surface area contributed by atoms with Gasteiger partial charge in [-0.3, -0.25) is 0 Å². The zero-order valence-corrected chi connectivity index (χ0v) is 16.4. The van der Waals surface area contributed by atoms with Gasteiger partial charge in [-0.2, -0.15) is 9.36 Å². The lowest BCUT2D eigenvalue weighted by atomic mass is 10.1. The predicted molar refractivity (Wildman–Crippen MR) is 103 cm³/mol. The van der Waals surface area contributed by atoms with E-state index in [9.17, 15) is 0 Å². The maximum Gasteiger partial charge on any atom is 0.225 e. The number of hydrogen-bond acceptors (Lipinski definition) is 4. The Kier molecular flexibility index (Phi) is 5.49. The molecule has 3 rings (SSSR count). The van der Waals surface area contributed by atoms with Crippen molar-refractivity contribution in [3.05, 3.63) is 63.9 Å². The molecule has 0 radical (unpaired) electrons. The Morgan fingerprint density at radius 1 is 1.08 bits per heavy atom. The van der Waals surface area contributed by atoms with Gasteiger partial charge < -0.3 is 9.64 Å². The van der Waals surface area contributed by atoms with Gasteiger partial charge in [0.15, 0.2) is 6.67 Å². The Bertz CT molecular complexity index is 945. The number of nitrogens with one attached hydrogen (secondary N) is 1. The molecule has 0 spiro atoms. The molecule has 0 saturated heterocycles. The Balaban J connectivity index is 1.74. The van der Waals surface area contributed by atoms with Gasteiger partial charge in [-0.25, -0.2) is 0 Å². The minimum atomic E-state index is 0.603. The van der Waals surface area contributed by atoms with Crippen molar-refractivity contribution in [1.29, 1.82) is 0 Å². The summed E-state index contributed by atoms with van der Waals surface area (Å²) < 4.78 is 9.30. The van der Waals surface area contributed by atoms with E-state index in [1.54, 1.807) is 16.5 Å². The summed E-state index contributed by atoms with van der Waals surface area (Å²) in [5.74, 6) is 0.866. The molecule has 0 aliphatic rings. The second kappa shape index (κ2) is 7.80. The third kappa shape index (κ3) is 4.00. The van der Waals surface area contributed by atoms with Crippen molar-refractivity contribution in [1.82, 2.24) is 19.8 Å². The average Bonchev–Trinajstić information content (AvgIpc) is 2.96. The summed E-state index contributed by atoms with van der Waals surface area (Å²) in [5, 5.41) is 8.50. The van der Waals surface area contributed by atoms with Crippen LogP contribution in [0.2, 0.25) is 0 Å². The van der Waals surface area contributed by atoms with Gasteiger partial charge in [0.05, 0.1) is 19.8 Å². The van der Waals surface area contributed by atoms with Crippen LogP contribution in [-0.2, 0) is 13.2 Å². The Morgan fingerprint density at radius 2 is 1.81 bits per heavy atom. The van der Waals surface area contributed by atoms with Crippen molar-refractivity contribution in [3.63, 3.8) is 0 Å².